The molecule has 0 bridgehead atoms. The van der Waals surface area contributed by atoms with E-state index in [2.05, 4.69) is 11.9 Å². The number of rotatable bonds is 5. The maximum Gasteiger partial charge on any atom is 0.246 e. The minimum absolute atomic E-state index is 0.0276. The molecule has 0 aliphatic carbocycles. The molecule has 1 N–H and O–H groups in total. The largest absolute Gasteiger partial charge is 0.342 e. The minimum atomic E-state index is -0.479. The monoisotopic (exact) mass is 272 g/mol. The van der Waals surface area contributed by atoms with Gasteiger partial charge in [-0.1, -0.05) is 43.3 Å². The molecule has 1 aromatic rings. The molecule has 2 rings (SSSR count). The van der Waals surface area contributed by atoms with Gasteiger partial charge in [-0.3, -0.25) is 9.59 Å². The molecule has 0 saturated carbocycles. The molecule has 2 amide bonds. The van der Waals surface area contributed by atoms with Crippen molar-refractivity contribution < 1.29 is 9.59 Å². The second-order valence-electron chi connectivity index (χ2n) is 4.95. The molecule has 1 saturated heterocycles. The van der Waals surface area contributed by atoms with Gasteiger partial charge in [0.15, 0.2) is 0 Å². The molecule has 1 aromatic carbocycles. The van der Waals surface area contributed by atoms with Crippen LogP contribution in [0.1, 0.15) is 18.9 Å². The Morgan fingerprint density at radius 2 is 2.00 bits per heavy atom. The molecule has 1 fully saturated rings. The molecule has 4 nitrogen and oxygen atoms in total. The van der Waals surface area contributed by atoms with Crippen LogP contribution >= 0.6 is 0 Å². The molecule has 0 aromatic heterocycles. The molecule has 106 valence electrons. The highest BCUT2D eigenvalue weighted by Gasteiger charge is 2.38. The third-order valence-electron chi connectivity index (χ3n) is 3.57. The standard InChI is InChI=1S/C16H20N2O2/c1-3-10-18-14(4-2)15(19)17-13(16(18)20)11-12-8-6-5-7-9-12/h3,5-9,13-14H,1,4,10-11H2,2H3,(H,17,19). The first-order valence-electron chi connectivity index (χ1n) is 6.93. The molecule has 0 spiro atoms. The molecule has 1 aliphatic heterocycles. The van der Waals surface area contributed by atoms with Crippen LogP contribution in [0.25, 0.3) is 0 Å². The van der Waals surface area contributed by atoms with Crippen LogP contribution in [0.15, 0.2) is 43.0 Å². The number of nitrogens with zero attached hydrogens (tertiary/aromatic N) is 1. The Morgan fingerprint density at radius 1 is 1.30 bits per heavy atom. The number of nitrogens with one attached hydrogen (secondary N) is 1. The summed E-state index contributed by atoms with van der Waals surface area (Å²) in [7, 11) is 0. The van der Waals surface area contributed by atoms with Crippen LogP contribution < -0.4 is 5.32 Å². The number of carbonyl (C=O) groups is 2. The Hall–Kier alpha value is -2.10. The predicted molar refractivity (Wildman–Crippen MR) is 78.1 cm³/mol. The van der Waals surface area contributed by atoms with E-state index >= 15 is 0 Å². The summed E-state index contributed by atoms with van der Waals surface area (Å²) in [4.78, 5) is 26.2. The summed E-state index contributed by atoms with van der Waals surface area (Å²) in [5.74, 6) is -0.102. The summed E-state index contributed by atoms with van der Waals surface area (Å²) in [6.07, 6.45) is 2.80. The van der Waals surface area contributed by atoms with Gasteiger partial charge >= 0.3 is 0 Å². The number of benzene rings is 1. The average molecular weight is 272 g/mol. The van der Waals surface area contributed by atoms with Crippen molar-refractivity contribution in [3.63, 3.8) is 0 Å². The van der Waals surface area contributed by atoms with Gasteiger partial charge in [0, 0.05) is 13.0 Å². The van der Waals surface area contributed by atoms with Gasteiger partial charge in [-0.15, -0.1) is 6.58 Å². The number of carbonyl (C=O) groups excluding carboxylic acids is 2. The van der Waals surface area contributed by atoms with E-state index in [0.29, 0.717) is 19.4 Å². The zero-order valence-corrected chi connectivity index (χ0v) is 11.7. The van der Waals surface area contributed by atoms with Gasteiger partial charge in [0.05, 0.1) is 0 Å². The third kappa shape index (κ3) is 2.90. The van der Waals surface area contributed by atoms with Crippen molar-refractivity contribution in [3.8, 4) is 0 Å². The van der Waals surface area contributed by atoms with Gasteiger partial charge in [0.2, 0.25) is 11.8 Å². The topological polar surface area (TPSA) is 49.4 Å². The second-order valence-corrected chi connectivity index (χ2v) is 4.95. The van der Waals surface area contributed by atoms with Crippen molar-refractivity contribution >= 4 is 11.8 Å². The van der Waals surface area contributed by atoms with Crippen molar-refractivity contribution in [2.45, 2.75) is 31.8 Å². The van der Waals surface area contributed by atoms with Gasteiger partial charge in [0.1, 0.15) is 12.1 Å². The first-order chi connectivity index (χ1) is 9.67. The predicted octanol–water partition coefficient (Wildman–Crippen LogP) is 1.52. The van der Waals surface area contributed by atoms with Crippen LogP contribution in [0, 0.1) is 0 Å². The van der Waals surface area contributed by atoms with Gasteiger partial charge in [-0.2, -0.15) is 0 Å². The lowest BCUT2D eigenvalue weighted by Crippen LogP contribution is -2.63. The number of hydrogen-bond donors (Lipinski definition) is 1. The molecule has 2 unspecified atom stereocenters. The van der Waals surface area contributed by atoms with Crippen molar-refractivity contribution in [1.29, 1.82) is 0 Å². The summed E-state index contributed by atoms with van der Waals surface area (Å²) < 4.78 is 0. The Labute approximate surface area is 119 Å². The Balaban J connectivity index is 2.16. The third-order valence-corrected chi connectivity index (χ3v) is 3.57. The van der Waals surface area contributed by atoms with E-state index in [1.54, 1.807) is 11.0 Å². The smallest absolute Gasteiger partial charge is 0.246 e. The van der Waals surface area contributed by atoms with Crippen molar-refractivity contribution in [2.75, 3.05) is 6.54 Å². The second kappa shape index (κ2) is 6.37. The first-order valence-corrected chi connectivity index (χ1v) is 6.93. The molecular formula is C16H20N2O2. The Bertz CT molecular complexity index is 498. The minimum Gasteiger partial charge on any atom is -0.342 e. The maximum absolute atomic E-state index is 12.5. The SMILES string of the molecule is C=CCN1C(=O)C(Cc2ccccc2)NC(=O)C1CC. The quantitative estimate of drug-likeness (QED) is 0.826. The molecule has 2 atom stereocenters. The normalized spacial score (nSPS) is 22.6. The van der Waals surface area contributed by atoms with Crippen LogP contribution in [0.5, 0.6) is 0 Å². The van der Waals surface area contributed by atoms with Crippen molar-refractivity contribution in [3.05, 3.63) is 48.6 Å². The molecule has 0 radical (unpaired) electrons. The van der Waals surface area contributed by atoms with Gasteiger partial charge in [-0.05, 0) is 12.0 Å². The average Bonchev–Trinajstić information content (AvgIpc) is 2.45. The number of piperazine rings is 1. The number of amides is 2. The summed E-state index contributed by atoms with van der Waals surface area (Å²) in [6, 6.07) is 8.86. The zero-order valence-electron chi connectivity index (χ0n) is 11.7. The Kier molecular flexibility index (Phi) is 4.56. The molecule has 1 aliphatic rings. The fourth-order valence-corrected chi connectivity index (χ4v) is 2.58. The lowest BCUT2D eigenvalue weighted by Gasteiger charge is -2.38. The van der Waals surface area contributed by atoms with E-state index in [4.69, 9.17) is 0 Å². The number of hydrogen-bond acceptors (Lipinski definition) is 2. The van der Waals surface area contributed by atoms with Crippen LogP contribution in [0.3, 0.4) is 0 Å². The van der Waals surface area contributed by atoms with E-state index in [1.807, 2.05) is 37.3 Å². The summed E-state index contributed by atoms with van der Waals surface area (Å²) >= 11 is 0. The van der Waals surface area contributed by atoms with Gasteiger partial charge in [-0.25, -0.2) is 0 Å². The van der Waals surface area contributed by atoms with Crippen molar-refractivity contribution in [1.82, 2.24) is 10.2 Å². The highest BCUT2D eigenvalue weighted by atomic mass is 16.2. The van der Waals surface area contributed by atoms with Crippen molar-refractivity contribution in [2.24, 2.45) is 0 Å². The molecule has 20 heavy (non-hydrogen) atoms. The van der Waals surface area contributed by atoms with Crippen LogP contribution in [0.2, 0.25) is 0 Å². The van der Waals surface area contributed by atoms with E-state index in [9.17, 15) is 9.59 Å². The van der Waals surface area contributed by atoms with Crippen LogP contribution in [0.4, 0.5) is 0 Å². The maximum atomic E-state index is 12.5. The summed E-state index contributed by atoms with van der Waals surface area (Å²) in [5, 5.41) is 2.84. The zero-order chi connectivity index (χ0) is 14.5. The fourth-order valence-electron chi connectivity index (χ4n) is 2.58. The Morgan fingerprint density at radius 3 is 2.60 bits per heavy atom. The van der Waals surface area contributed by atoms with E-state index in [0.717, 1.165) is 5.56 Å². The highest BCUT2D eigenvalue weighted by Crippen LogP contribution is 2.16. The van der Waals surface area contributed by atoms with Gasteiger partial charge < -0.3 is 10.2 Å². The van der Waals surface area contributed by atoms with Gasteiger partial charge in [0.25, 0.3) is 0 Å². The summed E-state index contributed by atoms with van der Waals surface area (Å²) in [5.41, 5.74) is 1.04. The highest BCUT2D eigenvalue weighted by molar-refractivity contribution is 5.97. The van der Waals surface area contributed by atoms with E-state index in [-0.39, 0.29) is 17.9 Å². The summed E-state index contributed by atoms with van der Waals surface area (Å²) in [6.45, 7) is 5.99. The van der Waals surface area contributed by atoms with E-state index < -0.39 is 6.04 Å². The lowest BCUT2D eigenvalue weighted by molar-refractivity contribution is -0.148. The molecule has 4 heteroatoms. The van der Waals surface area contributed by atoms with E-state index in [1.165, 1.54) is 0 Å². The van der Waals surface area contributed by atoms with Crippen LogP contribution in [-0.2, 0) is 16.0 Å². The lowest BCUT2D eigenvalue weighted by atomic mass is 9.99. The molecular weight excluding hydrogens is 252 g/mol. The molecule has 1 heterocycles. The van der Waals surface area contributed by atoms with Crippen LogP contribution in [-0.4, -0.2) is 35.3 Å². The first kappa shape index (κ1) is 14.3. The fraction of sp³-hybridized carbons (Fsp3) is 0.375.